The number of nitrogens with two attached hydrogens (primary N) is 2. The number of benzene rings is 2. The summed E-state index contributed by atoms with van der Waals surface area (Å²) in [5.74, 6) is -0.370. The molecular formula is C21H29N3O3. The molecule has 6 nitrogen and oxygen atoms in total. The number of nitrogen functional groups attached to an aromatic ring is 1. The molecule has 6 heteroatoms. The summed E-state index contributed by atoms with van der Waals surface area (Å²) in [6.45, 7) is 7.48. The molecule has 0 bridgehead atoms. The molecule has 2 aromatic rings. The van der Waals surface area contributed by atoms with Gasteiger partial charge in [0.1, 0.15) is 24.0 Å². The molecule has 0 fully saturated rings. The van der Waals surface area contributed by atoms with E-state index in [1.54, 1.807) is 18.2 Å². The molecule has 5 N–H and O–H groups in total. The highest BCUT2D eigenvalue weighted by atomic mass is 16.5. The molecule has 2 rings (SSSR count). The van der Waals surface area contributed by atoms with Crippen LogP contribution in [0.4, 0.5) is 5.69 Å². The van der Waals surface area contributed by atoms with E-state index < -0.39 is 12.0 Å². The van der Waals surface area contributed by atoms with Crippen LogP contribution < -0.4 is 16.2 Å². The fourth-order valence-corrected chi connectivity index (χ4v) is 2.80. The Morgan fingerprint density at radius 3 is 2.41 bits per heavy atom. The Balaban J connectivity index is 2.03. The van der Waals surface area contributed by atoms with Gasteiger partial charge in [-0.1, -0.05) is 36.4 Å². The summed E-state index contributed by atoms with van der Waals surface area (Å²) in [5, 5.41) is 10.5. The van der Waals surface area contributed by atoms with Crippen molar-refractivity contribution in [3.63, 3.8) is 0 Å². The predicted octanol–water partition coefficient (Wildman–Crippen LogP) is 2.41. The van der Waals surface area contributed by atoms with E-state index in [1.165, 1.54) is 5.56 Å². The quantitative estimate of drug-likeness (QED) is 0.619. The smallest absolute Gasteiger partial charge is 0.254 e. The molecule has 27 heavy (non-hydrogen) atoms. The Morgan fingerprint density at radius 2 is 1.81 bits per heavy atom. The Hall–Kier alpha value is -2.57. The van der Waals surface area contributed by atoms with E-state index in [0.29, 0.717) is 13.1 Å². The number of β-amino-alcohol motifs (C(OH)–C–C–N with tert-alkyl or cyclic N) is 1. The van der Waals surface area contributed by atoms with Gasteiger partial charge in [-0.2, -0.15) is 0 Å². The lowest BCUT2D eigenvalue weighted by atomic mass is 10.0. The summed E-state index contributed by atoms with van der Waals surface area (Å²) in [5.41, 5.74) is 12.6. The van der Waals surface area contributed by atoms with Crippen molar-refractivity contribution in [2.75, 3.05) is 18.9 Å². The predicted molar refractivity (Wildman–Crippen MR) is 107 cm³/mol. The van der Waals surface area contributed by atoms with Crippen molar-refractivity contribution in [1.82, 2.24) is 4.90 Å². The van der Waals surface area contributed by atoms with Crippen LogP contribution >= 0.6 is 0 Å². The van der Waals surface area contributed by atoms with Crippen molar-refractivity contribution in [2.24, 2.45) is 5.73 Å². The molecule has 2 aromatic carbocycles. The van der Waals surface area contributed by atoms with Crippen LogP contribution in [0.5, 0.6) is 5.75 Å². The van der Waals surface area contributed by atoms with Crippen molar-refractivity contribution in [3.8, 4) is 5.75 Å². The van der Waals surface area contributed by atoms with Crippen molar-refractivity contribution >= 4 is 11.6 Å². The summed E-state index contributed by atoms with van der Waals surface area (Å²) >= 11 is 0. The van der Waals surface area contributed by atoms with E-state index in [9.17, 15) is 9.90 Å². The maximum absolute atomic E-state index is 11.6. The second-order valence-corrected chi connectivity index (χ2v) is 7.59. The van der Waals surface area contributed by atoms with Crippen LogP contribution in [0, 0.1) is 0 Å². The molecule has 0 heterocycles. The normalized spacial score (nSPS) is 12.8. The van der Waals surface area contributed by atoms with Gasteiger partial charge in [-0.25, -0.2) is 0 Å². The number of nitrogens with zero attached hydrogens (tertiary/aromatic N) is 1. The van der Waals surface area contributed by atoms with E-state index in [0.717, 1.165) is 0 Å². The average molecular weight is 371 g/mol. The molecule has 0 saturated heterocycles. The van der Waals surface area contributed by atoms with E-state index in [1.807, 2.05) is 18.2 Å². The highest BCUT2D eigenvalue weighted by molar-refractivity contribution is 6.00. The number of carbonyl (C=O) groups is 1. The van der Waals surface area contributed by atoms with Crippen molar-refractivity contribution < 1.29 is 14.6 Å². The second kappa shape index (κ2) is 8.88. The van der Waals surface area contributed by atoms with Gasteiger partial charge < -0.3 is 21.3 Å². The van der Waals surface area contributed by atoms with Crippen LogP contribution in [0.1, 0.15) is 36.7 Å². The first kappa shape index (κ1) is 20.7. The molecule has 1 amide bonds. The van der Waals surface area contributed by atoms with Gasteiger partial charge >= 0.3 is 0 Å². The SMILES string of the molecule is CC(C)(C)N(Cc1ccccc1)CC(O)COc1cccc(N)c1C(N)=O. The first-order valence-electron chi connectivity index (χ1n) is 8.96. The standard InChI is InChI=1S/C21H29N3O3/c1-21(2,3)24(12-15-8-5-4-6-9-15)13-16(25)14-27-18-11-7-10-17(22)19(18)20(23)26/h4-11,16,25H,12-14,22H2,1-3H3,(H2,23,26). The molecule has 0 aliphatic rings. The van der Waals surface area contributed by atoms with Crippen LogP contribution in [0.25, 0.3) is 0 Å². The molecule has 0 aliphatic heterocycles. The molecule has 0 aromatic heterocycles. The number of carbonyl (C=O) groups excluding carboxylic acids is 1. The highest BCUT2D eigenvalue weighted by Crippen LogP contribution is 2.24. The fraction of sp³-hybridized carbons (Fsp3) is 0.381. The Kier molecular flexibility index (Phi) is 6.82. The van der Waals surface area contributed by atoms with Gasteiger partial charge in [-0.05, 0) is 38.5 Å². The minimum absolute atomic E-state index is 0.0328. The van der Waals surface area contributed by atoms with Crippen molar-refractivity contribution in [3.05, 3.63) is 59.7 Å². The first-order valence-corrected chi connectivity index (χ1v) is 8.96. The van der Waals surface area contributed by atoms with Crippen molar-refractivity contribution in [2.45, 2.75) is 39.0 Å². The van der Waals surface area contributed by atoms with Crippen molar-refractivity contribution in [1.29, 1.82) is 0 Å². The van der Waals surface area contributed by atoms with Crippen LogP contribution in [0.15, 0.2) is 48.5 Å². The van der Waals surface area contributed by atoms with Gasteiger partial charge in [0.25, 0.3) is 5.91 Å². The number of amides is 1. The van der Waals surface area contributed by atoms with E-state index in [4.69, 9.17) is 16.2 Å². The molecule has 0 aliphatic carbocycles. The molecule has 1 atom stereocenters. The van der Waals surface area contributed by atoms with E-state index in [2.05, 4.69) is 37.8 Å². The lowest BCUT2D eigenvalue weighted by molar-refractivity contribution is 0.0283. The van der Waals surface area contributed by atoms with Crippen LogP contribution in [-0.4, -0.2) is 40.7 Å². The maximum Gasteiger partial charge on any atom is 0.254 e. The zero-order chi connectivity index (χ0) is 20.0. The third-order valence-electron chi connectivity index (χ3n) is 4.33. The third-order valence-corrected chi connectivity index (χ3v) is 4.33. The van der Waals surface area contributed by atoms with Gasteiger partial charge in [0.05, 0.1) is 0 Å². The van der Waals surface area contributed by atoms with Gasteiger partial charge in [0.2, 0.25) is 0 Å². The monoisotopic (exact) mass is 371 g/mol. The molecular weight excluding hydrogens is 342 g/mol. The fourth-order valence-electron chi connectivity index (χ4n) is 2.80. The van der Waals surface area contributed by atoms with Gasteiger partial charge in [-0.15, -0.1) is 0 Å². The summed E-state index contributed by atoms with van der Waals surface area (Å²) in [4.78, 5) is 13.8. The molecule has 146 valence electrons. The maximum atomic E-state index is 11.6. The largest absolute Gasteiger partial charge is 0.490 e. The van der Waals surface area contributed by atoms with E-state index in [-0.39, 0.29) is 29.1 Å². The second-order valence-electron chi connectivity index (χ2n) is 7.59. The first-order chi connectivity index (χ1) is 12.7. The number of anilines is 1. The third kappa shape index (κ3) is 5.98. The van der Waals surface area contributed by atoms with Gasteiger partial charge in [-0.3, -0.25) is 9.69 Å². The zero-order valence-corrected chi connectivity index (χ0v) is 16.2. The average Bonchev–Trinajstić information content (AvgIpc) is 2.59. The highest BCUT2D eigenvalue weighted by Gasteiger charge is 2.24. The summed E-state index contributed by atoms with van der Waals surface area (Å²) in [6, 6.07) is 15.0. The minimum atomic E-state index is -0.741. The van der Waals surface area contributed by atoms with Gasteiger partial charge in [0, 0.05) is 24.3 Å². The molecule has 0 spiro atoms. The molecule has 0 radical (unpaired) electrons. The summed E-state index contributed by atoms with van der Waals surface area (Å²) in [7, 11) is 0. The minimum Gasteiger partial charge on any atom is -0.490 e. The topological polar surface area (TPSA) is 102 Å². The van der Waals surface area contributed by atoms with Crippen LogP contribution in [0.3, 0.4) is 0 Å². The number of hydrogen-bond donors (Lipinski definition) is 3. The zero-order valence-electron chi connectivity index (χ0n) is 16.2. The summed E-state index contributed by atoms with van der Waals surface area (Å²) in [6.07, 6.45) is -0.741. The lowest BCUT2D eigenvalue weighted by Crippen LogP contribution is -2.46. The molecule has 0 saturated carbocycles. The Morgan fingerprint density at radius 1 is 1.15 bits per heavy atom. The molecule has 1 unspecified atom stereocenters. The Bertz CT molecular complexity index is 757. The number of aliphatic hydroxyl groups excluding tert-OH is 1. The number of rotatable bonds is 8. The number of ether oxygens (including phenoxy) is 1. The lowest BCUT2D eigenvalue weighted by Gasteiger charge is -2.37. The summed E-state index contributed by atoms with van der Waals surface area (Å²) < 4.78 is 5.65. The number of primary amides is 1. The van der Waals surface area contributed by atoms with E-state index >= 15 is 0 Å². The van der Waals surface area contributed by atoms with Crippen LogP contribution in [-0.2, 0) is 6.54 Å². The Labute approximate surface area is 160 Å². The van der Waals surface area contributed by atoms with Gasteiger partial charge in [0.15, 0.2) is 0 Å². The van der Waals surface area contributed by atoms with Crippen LogP contribution in [0.2, 0.25) is 0 Å². The number of hydrogen-bond acceptors (Lipinski definition) is 5. The number of aliphatic hydroxyl groups is 1.